The van der Waals surface area contributed by atoms with Crippen molar-refractivity contribution in [3.05, 3.63) is 44.8 Å². The Labute approximate surface area is 106 Å². The molecule has 0 aliphatic rings. The van der Waals surface area contributed by atoms with Gasteiger partial charge in [-0.2, -0.15) is 5.10 Å². The number of likely N-dealkylation sites (N-methyl/N-ethyl adjacent to an activating group) is 1. The molecule has 0 aliphatic heterocycles. The third-order valence-corrected chi connectivity index (χ3v) is 2.44. The van der Waals surface area contributed by atoms with Gasteiger partial charge in [0.05, 0.1) is 13.0 Å². The van der Waals surface area contributed by atoms with Gasteiger partial charge in [-0.05, 0) is 0 Å². The molecule has 2 aromatic rings. The number of hydrogen-bond acceptors (Lipinski definition) is 5. The van der Waals surface area contributed by atoms with E-state index >= 15 is 0 Å². The molecule has 3 N–H and O–H groups in total. The molecule has 0 unspecified atom stereocenters. The van der Waals surface area contributed by atoms with Gasteiger partial charge >= 0.3 is 5.69 Å². The lowest BCUT2D eigenvalue weighted by Crippen LogP contribution is -2.30. The summed E-state index contributed by atoms with van der Waals surface area (Å²) in [7, 11) is 1.59. The maximum atomic E-state index is 11.9. The Morgan fingerprint density at radius 1 is 1.37 bits per heavy atom. The summed E-state index contributed by atoms with van der Waals surface area (Å²) in [4.78, 5) is 43.8. The third-order valence-electron chi connectivity index (χ3n) is 2.44. The third kappa shape index (κ3) is 3.37. The molecule has 9 nitrogen and oxygen atoms in total. The van der Waals surface area contributed by atoms with Gasteiger partial charge in [0.25, 0.3) is 5.56 Å². The van der Waals surface area contributed by atoms with E-state index in [0.29, 0.717) is 5.82 Å². The van der Waals surface area contributed by atoms with Crippen molar-refractivity contribution < 1.29 is 4.79 Å². The van der Waals surface area contributed by atoms with Crippen molar-refractivity contribution in [3.63, 3.8) is 0 Å². The minimum atomic E-state index is -0.631. The van der Waals surface area contributed by atoms with Crippen LogP contribution in [0, 0.1) is 0 Å². The predicted molar refractivity (Wildman–Crippen MR) is 64.2 cm³/mol. The molecular weight excluding hydrogens is 252 g/mol. The average molecular weight is 264 g/mol. The quantitative estimate of drug-likeness (QED) is 0.611. The minimum absolute atomic E-state index is 0.0657. The zero-order valence-electron chi connectivity index (χ0n) is 10.1. The molecule has 9 heteroatoms. The molecule has 0 aromatic carbocycles. The zero-order valence-corrected chi connectivity index (χ0v) is 10.1. The largest absolute Gasteiger partial charge is 0.338 e. The van der Waals surface area contributed by atoms with E-state index in [4.69, 9.17) is 0 Å². The van der Waals surface area contributed by atoms with E-state index in [0.717, 1.165) is 0 Å². The number of rotatable bonds is 4. The van der Waals surface area contributed by atoms with E-state index < -0.39 is 11.2 Å². The highest BCUT2D eigenvalue weighted by Gasteiger charge is 2.12. The summed E-state index contributed by atoms with van der Waals surface area (Å²) >= 11 is 0. The van der Waals surface area contributed by atoms with Crippen LogP contribution in [0.3, 0.4) is 0 Å². The number of aromatic nitrogens is 5. The van der Waals surface area contributed by atoms with Crippen molar-refractivity contribution in [2.75, 3.05) is 7.05 Å². The molecule has 2 heterocycles. The Balaban J connectivity index is 2.04. The van der Waals surface area contributed by atoms with Crippen molar-refractivity contribution in [2.45, 2.75) is 13.0 Å². The van der Waals surface area contributed by atoms with E-state index in [-0.39, 0.29) is 24.6 Å². The minimum Gasteiger partial charge on any atom is -0.338 e. The summed E-state index contributed by atoms with van der Waals surface area (Å²) in [5, 5.41) is 6.31. The van der Waals surface area contributed by atoms with Crippen molar-refractivity contribution >= 4 is 5.91 Å². The van der Waals surface area contributed by atoms with E-state index in [2.05, 4.69) is 20.2 Å². The number of carbonyl (C=O) groups excluding carboxylic acids is 1. The fraction of sp³-hybridized carbons (Fsp3) is 0.300. The van der Waals surface area contributed by atoms with Gasteiger partial charge in [0.15, 0.2) is 0 Å². The van der Waals surface area contributed by atoms with Crippen LogP contribution in [0.2, 0.25) is 0 Å². The van der Waals surface area contributed by atoms with Crippen LogP contribution in [-0.2, 0) is 17.8 Å². The van der Waals surface area contributed by atoms with Gasteiger partial charge in [-0.3, -0.25) is 19.7 Å². The fourth-order valence-electron chi connectivity index (χ4n) is 1.53. The topological polar surface area (TPSA) is 128 Å². The smallest absolute Gasteiger partial charge is 0.325 e. The molecule has 0 spiro atoms. The molecule has 19 heavy (non-hydrogen) atoms. The van der Waals surface area contributed by atoms with E-state index in [9.17, 15) is 14.4 Å². The Morgan fingerprint density at radius 2 is 2.16 bits per heavy atom. The lowest BCUT2D eigenvalue weighted by molar-refractivity contribution is -0.129. The van der Waals surface area contributed by atoms with Crippen LogP contribution in [0.4, 0.5) is 0 Å². The van der Waals surface area contributed by atoms with Gasteiger partial charge in [-0.25, -0.2) is 9.78 Å². The van der Waals surface area contributed by atoms with Crippen LogP contribution < -0.4 is 11.2 Å². The van der Waals surface area contributed by atoms with Crippen molar-refractivity contribution in [3.8, 4) is 0 Å². The van der Waals surface area contributed by atoms with Crippen molar-refractivity contribution in [2.24, 2.45) is 0 Å². The molecule has 0 saturated heterocycles. The van der Waals surface area contributed by atoms with Crippen LogP contribution in [0.15, 0.2) is 22.0 Å². The second kappa shape index (κ2) is 5.29. The molecular formula is C10H12N6O3. The highest BCUT2D eigenvalue weighted by atomic mass is 16.2. The molecule has 0 fully saturated rings. The van der Waals surface area contributed by atoms with Gasteiger partial charge in [-0.1, -0.05) is 0 Å². The number of carbonyl (C=O) groups is 1. The lowest BCUT2D eigenvalue weighted by Gasteiger charge is -2.15. The Bertz CT molecular complexity index is 643. The Hall–Kier alpha value is -2.71. The van der Waals surface area contributed by atoms with Crippen LogP contribution in [0.5, 0.6) is 0 Å². The van der Waals surface area contributed by atoms with Crippen molar-refractivity contribution in [1.29, 1.82) is 0 Å². The summed E-state index contributed by atoms with van der Waals surface area (Å²) in [6.45, 7) is 0.270. The molecule has 2 aromatic heterocycles. The van der Waals surface area contributed by atoms with E-state index in [1.165, 1.54) is 17.3 Å². The first-order valence-corrected chi connectivity index (χ1v) is 5.45. The van der Waals surface area contributed by atoms with Crippen LogP contribution >= 0.6 is 0 Å². The highest BCUT2D eigenvalue weighted by Crippen LogP contribution is 1.98. The zero-order chi connectivity index (χ0) is 13.8. The summed E-state index contributed by atoms with van der Waals surface area (Å²) in [6.07, 6.45) is 1.28. The summed E-state index contributed by atoms with van der Waals surface area (Å²) in [6, 6.07) is 1.18. The second-order valence-corrected chi connectivity index (χ2v) is 3.97. The first-order chi connectivity index (χ1) is 9.04. The second-order valence-electron chi connectivity index (χ2n) is 3.97. The van der Waals surface area contributed by atoms with E-state index in [1.54, 1.807) is 7.05 Å². The normalized spacial score (nSPS) is 10.4. The fourth-order valence-corrected chi connectivity index (χ4v) is 1.53. The number of aromatic amines is 3. The number of H-pyrrole nitrogens is 3. The maximum Gasteiger partial charge on any atom is 0.325 e. The molecule has 0 bridgehead atoms. The highest BCUT2D eigenvalue weighted by molar-refractivity contribution is 5.77. The van der Waals surface area contributed by atoms with Gasteiger partial charge in [0.1, 0.15) is 12.2 Å². The predicted octanol–water partition coefficient (Wildman–Crippen LogP) is -1.62. The summed E-state index contributed by atoms with van der Waals surface area (Å²) in [5.41, 5.74) is -0.902. The van der Waals surface area contributed by atoms with Crippen molar-refractivity contribution in [1.82, 2.24) is 30.0 Å². The molecule has 0 saturated carbocycles. The molecule has 0 radical (unpaired) electrons. The molecule has 1 amide bonds. The Kier molecular flexibility index (Phi) is 3.55. The van der Waals surface area contributed by atoms with Crippen LogP contribution in [0.25, 0.3) is 0 Å². The monoisotopic (exact) mass is 264 g/mol. The summed E-state index contributed by atoms with van der Waals surface area (Å²) in [5.74, 6) is 0.299. The standard InChI is InChI=1S/C10H12N6O3/c1-16(4-7-11-5-12-15-7)9(18)3-6-2-8(17)14-10(19)13-6/h2,5H,3-4H2,1H3,(H,11,12,15)(H2,13,14,17,19). The summed E-state index contributed by atoms with van der Waals surface area (Å²) < 4.78 is 0. The molecule has 0 atom stereocenters. The van der Waals surface area contributed by atoms with Gasteiger partial charge in [0.2, 0.25) is 5.91 Å². The number of nitrogens with zero attached hydrogens (tertiary/aromatic N) is 3. The maximum absolute atomic E-state index is 11.9. The Morgan fingerprint density at radius 3 is 2.79 bits per heavy atom. The van der Waals surface area contributed by atoms with Gasteiger partial charge in [0, 0.05) is 18.8 Å². The number of hydrogen-bond donors (Lipinski definition) is 3. The van der Waals surface area contributed by atoms with Crippen LogP contribution in [-0.4, -0.2) is 43.0 Å². The molecule has 0 aliphatic carbocycles. The van der Waals surface area contributed by atoms with Gasteiger partial charge in [-0.15, -0.1) is 0 Å². The first kappa shape index (κ1) is 12.7. The van der Waals surface area contributed by atoms with Gasteiger partial charge < -0.3 is 9.88 Å². The average Bonchev–Trinajstić information content (AvgIpc) is 2.80. The lowest BCUT2D eigenvalue weighted by atomic mass is 10.2. The molecule has 100 valence electrons. The number of amides is 1. The van der Waals surface area contributed by atoms with E-state index in [1.807, 2.05) is 4.98 Å². The van der Waals surface area contributed by atoms with Crippen LogP contribution in [0.1, 0.15) is 11.5 Å². The number of nitrogens with one attached hydrogen (secondary N) is 3. The molecule has 2 rings (SSSR count). The first-order valence-electron chi connectivity index (χ1n) is 5.45. The SMILES string of the molecule is CN(Cc1ncn[nH]1)C(=O)Cc1cc(=O)[nH]c(=O)[nH]1.